The molecule has 1 aromatic heterocycles. The maximum atomic E-state index is 12.6. The van der Waals surface area contributed by atoms with E-state index in [4.69, 9.17) is 0 Å². The molecule has 1 N–H and O–H groups in total. The lowest BCUT2D eigenvalue weighted by molar-refractivity contribution is -0.117. The van der Waals surface area contributed by atoms with Gasteiger partial charge in [0.1, 0.15) is 11.1 Å². The molecule has 1 aliphatic carbocycles. The molecule has 0 radical (unpaired) electrons. The van der Waals surface area contributed by atoms with Crippen LogP contribution in [0.2, 0.25) is 0 Å². The number of fused-ring (bicyclic) bond motifs is 1. The maximum absolute atomic E-state index is 12.6. The lowest BCUT2D eigenvalue weighted by Gasteiger charge is -2.19. The van der Waals surface area contributed by atoms with E-state index in [0.29, 0.717) is 18.0 Å². The first-order valence-electron chi connectivity index (χ1n) is 9.21. The number of anilines is 1. The highest BCUT2D eigenvalue weighted by Crippen LogP contribution is 2.39. The molecule has 1 heterocycles. The third-order valence-electron chi connectivity index (χ3n) is 4.94. The first-order valence-corrected chi connectivity index (χ1v) is 10.0. The van der Waals surface area contributed by atoms with Crippen molar-refractivity contribution in [2.24, 2.45) is 5.92 Å². The van der Waals surface area contributed by atoms with Gasteiger partial charge in [-0.15, -0.1) is 11.3 Å². The normalized spacial score (nSPS) is 16.2. The fraction of sp³-hybridized carbons (Fsp3) is 0.429. The maximum Gasteiger partial charge on any atom is 0.239 e. The molecule has 0 fully saturated rings. The molecule has 1 atom stereocenters. The molecule has 4 nitrogen and oxygen atoms in total. The van der Waals surface area contributed by atoms with Crippen molar-refractivity contribution in [2.75, 3.05) is 18.4 Å². The minimum absolute atomic E-state index is 0.0501. The van der Waals surface area contributed by atoms with Crippen LogP contribution in [0, 0.1) is 17.2 Å². The summed E-state index contributed by atoms with van der Waals surface area (Å²) in [7, 11) is 0. The van der Waals surface area contributed by atoms with Gasteiger partial charge in [-0.1, -0.05) is 44.2 Å². The van der Waals surface area contributed by atoms with Gasteiger partial charge in [0.15, 0.2) is 0 Å². The second-order valence-corrected chi connectivity index (χ2v) is 8.11. The minimum atomic E-state index is -0.0501. The SMILES string of the molecule is CCN(CC(=O)Nc1sc2c(c1C#N)CC[C@H](C)C2)Cc1ccccc1. The van der Waals surface area contributed by atoms with Crippen LogP contribution in [0.3, 0.4) is 0 Å². The van der Waals surface area contributed by atoms with E-state index in [1.165, 1.54) is 10.4 Å². The Balaban J connectivity index is 1.67. The first-order chi connectivity index (χ1) is 12.6. The van der Waals surface area contributed by atoms with Crippen molar-refractivity contribution in [2.45, 2.75) is 39.7 Å². The summed E-state index contributed by atoms with van der Waals surface area (Å²) in [6.45, 7) is 6.17. The predicted octanol–water partition coefficient (Wildman–Crippen LogP) is 4.21. The highest BCUT2D eigenvalue weighted by atomic mass is 32.1. The summed E-state index contributed by atoms with van der Waals surface area (Å²) in [6.07, 6.45) is 3.08. The van der Waals surface area contributed by atoms with E-state index in [2.05, 4.69) is 42.3 Å². The predicted molar refractivity (Wildman–Crippen MR) is 106 cm³/mol. The van der Waals surface area contributed by atoms with Crippen molar-refractivity contribution in [1.29, 1.82) is 5.26 Å². The molecule has 26 heavy (non-hydrogen) atoms. The van der Waals surface area contributed by atoms with Gasteiger partial charge >= 0.3 is 0 Å². The number of rotatable bonds is 6. The van der Waals surface area contributed by atoms with Crippen molar-refractivity contribution in [3.05, 3.63) is 51.9 Å². The summed E-state index contributed by atoms with van der Waals surface area (Å²) in [5, 5.41) is 13.3. The number of carbonyl (C=O) groups is 1. The fourth-order valence-electron chi connectivity index (χ4n) is 3.45. The second kappa shape index (κ2) is 8.48. The third-order valence-corrected chi connectivity index (χ3v) is 6.11. The number of amides is 1. The molecule has 1 aromatic carbocycles. The lowest BCUT2D eigenvalue weighted by Crippen LogP contribution is -2.32. The largest absolute Gasteiger partial charge is 0.315 e. The molecular weight excluding hydrogens is 342 g/mol. The average Bonchev–Trinajstić information content (AvgIpc) is 2.97. The third kappa shape index (κ3) is 4.32. The van der Waals surface area contributed by atoms with E-state index in [9.17, 15) is 10.1 Å². The molecule has 136 valence electrons. The Kier molecular flexibility index (Phi) is 6.08. The Bertz CT molecular complexity index is 807. The Morgan fingerprint density at radius 3 is 2.85 bits per heavy atom. The van der Waals surface area contributed by atoms with Crippen LogP contribution in [-0.2, 0) is 24.2 Å². The van der Waals surface area contributed by atoms with Gasteiger partial charge in [0.25, 0.3) is 0 Å². The quantitative estimate of drug-likeness (QED) is 0.832. The standard InChI is InChI=1S/C21H25N3OS/c1-3-24(13-16-7-5-4-6-8-16)14-20(25)23-21-18(12-22)17-10-9-15(2)11-19(17)26-21/h4-8,15H,3,9-11,13-14H2,1-2H3,(H,23,25)/t15-/m0/s1. The molecule has 2 aromatic rings. The van der Waals surface area contributed by atoms with Gasteiger partial charge in [-0.2, -0.15) is 5.26 Å². The zero-order valence-corrected chi connectivity index (χ0v) is 16.2. The van der Waals surface area contributed by atoms with Gasteiger partial charge in [0.05, 0.1) is 12.1 Å². The second-order valence-electron chi connectivity index (χ2n) is 7.00. The summed E-state index contributed by atoms with van der Waals surface area (Å²) in [4.78, 5) is 15.9. The van der Waals surface area contributed by atoms with E-state index in [1.54, 1.807) is 11.3 Å². The van der Waals surface area contributed by atoms with Gasteiger partial charge in [-0.05, 0) is 42.9 Å². The van der Waals surface area contributed by atoms with Crippen LogP contribution in [0.4, 0.5) is 5.00 Å². The van der Waals surface area contributed by atoms with Crippen molar-refractivity contribution in [3.63, 3.8) is 0 Å². The van der Waals surface area contributed by atoms with Crippen LogP contribution < -0.4 is 5.32 Å². The topological polar surface area (TPSA) is 56.1 Å². The number of hydrogen-bond acceptors (Lipinski definition) is 4. The van der Waals surface area contributed by atoms with Crippen LogP contribution >= 0.6 is 11.3 Å². The highest BCUT2D eigenvalue weighted by molar-refractivity contribution is 7.16. The minimum Gasteiger partial charge on any atom is -0.315 e. The summed E-state index contributed by atoms with van der Waals surface area (Å²) in [5.74, 6) is 0.601. The molecule has 0 saturated carbocycles. The average molecular weight is 368 g/mol. The van der Waals surface area contributed by atoms with E-state index >= 15 is 0 Å². The number of nitriles is 1. The number of benzene rings is 1. The van der Waals surface area contributed by atoms with E-state index in [0.717, 1.165) is 42.9 Å². The van der Waals surface area contributed by atoms with E-state index in [-0.39, 0.29) is 5.91 Å². The summed E-state index contributed by atoms with van der Waals surface area (Å²) >= 11 is 1.58. The monoisotopic (exact) mass is 367 g/mol. The van der Waals surface area contributed by atoms with Crippen LogP contribution in [0.25, 0.3) is 0 Å². The van der Waals surface area contributed by atoms with Gasteiger partial charge in [-0.3, -0.25) is 9.69 Å². The molecule has 0 spiro atoms. The zero-order chi connectivity index (χ0) is 18.5. The van der Waals surface area contributed by atoms with Crippen LogP contribution in [0.1, 0.15) is 41.8 Å². The van der Waals surface area contributed by atoms with Gasteiger partial charge in [0.2, 0.25) is 5.91 Å². The van der Waals surface area contributed by atoms with Gasteiger partial charge in [-0.25, -0.2) is 0 Å². The van der Waals surface area contributed by atoms with Gasteiger partial charge in [0, 0.05) is 11.4 Å². The molecule has 0 unspecified atom stereocenters. The van der Waals surface area contributed by atoms with Crippen molar-refractivity contribution < 1.29 is 4.79 Å². The highest BCUT2D eigenvalue weighted by Gasteiger charge is 2.24. The molecule has 0 bridgehead atoms. The van der Waals surface area contributed by atoms with Crippen LogP contribution in [-0.4, -0.2) is 23.9 Å². The Labute approximate surface area is 159 Å². The summed E-state index contributed by atoms with van der Waals surface area (Å²) < 4.78 is 0. The number of likely N-dealkylation sites (N-methyl/N-ethyl adjacent to an activating group) is 1. The number of nitrogens with one attached hydrogen (secondary N) is 1. The van der Waals surface area contributed by atoms with Gasteiger partial charge < -0.3 is 5.32 Å². The zero-order valence-electron chi connectivity index (χ0n) is 15.4. The molecule has 0 saturated heterocycles. The smallest absolute Gasteiger partial charge is 0.239 e. The number of thiophene rings is 1. The van der Waals surface area contributed by atoms with E-state index < -0.39 is 0 Å². The molecule has 5 heteroatoms. The Hall–Kier alpha value is -2.16. The number of nitrogens with zero attached hydrogens (tertiary/aromatic N) is 2. The molecule has 1 aliphatic rings. The van der Waals surface area contributed by atoms with Crippen molar-refractivity contribution in [3.8, 4) is 6.07 Å². The summed E-state index contributed by atoms with van der Waals surface area (Å²) in [6, 6.07) is 12.5. The van der Waals surface area contributed by atoms with E-state index in [1.807, 2.05) is 18.2 Å². The first kappa shape index (κ1) is 18.6. The lowest BCUT2D eigenvalue weighted by atomic mass is 9.89. The molecule has 1 amide bonds. The Morgan fingerprint density at radius 2 is 2.15 bits per heavy atom. The van der Waals surface area contributed by atoms with Crippen LogP contribution in [0.15, 0.2) is 30.3 Å². The van der Waals surface area contributed by atoms with Crippen molar-refractivity contribution >= 4 is 22.2 Å². The molecule has 0 aliphatic heterocycles. The number of hydrogen-bond donors (Lipinski definition) is 1. The summed E-state index contributed by atoms with van der Waals surface area (Å²) in [5.41, 5.74) is 3.03. The fourth-order valence-corrected chi connectivity index (χ4v) is 4.82. The number of carbonyl (C=O) groups excluding carboxylic acids is 1. The van der Waals surface area contributed by atoms with Crippen LogP contribution in [0.5, 0.6) is 0 Å². The Morgan fingerprint density at radius 1 is 1.38 bits per heavy atom. The molecule has 3 rings (SSSR count). The van der Waals surface area contributed by atoms with Crippen molar-refractivity contribution in [1.82, 2.24) is 4.90 Å². The molecular formula is C21H25N3OS.